The van der Waals surface area contributed by atoms with Gasteiger partial charge in [0.05, 0.1) is 6.42 Å². The quantitative estimate of drug-likeness (QED) is 0.191. The summed E-state index contributed by atoms with van der Waals surface area (Å²) in [4.78, 5) is 21.4. The second-order valence-electron chi connectivity index (χ2n) is 4.27. The summed E-state index contributed by atoms with van der Waals surface area (Å²) >= 11 is 0. The number of ether oxygens (including phenoxy) is 1. The summed E-state index contributed by atoms with van der Waals surface area (Å²) in [5.41, 5.74) is 0. The topological polar surface area (TPSA) is 78.5 Å². The fourth-order valence-electron chi connectivity index (χ4n) is 1.42. The smallest absolute Gasteiger partial charge is 0.550 e. The summed E-state index contributed by atoms with van der Waals surface area (Å²) in [6.45, 7) is 3.20. The Morgan fingerprint density at radius 3 is 2.50 bits per heavy atom. The van der Waals surface area contributed by atoms with Crippen molar-refractivity contribution in [1.29, 1.82) is 0 Å². The predicted molar refractivity (Wildman–Crippen MR) is 71.4 cm³/mol. The summed E-state index contributed by atoms with van der Waals surface area (Å²) in [7, 11) is 0. The molecule has 0 saturated carbocycles. The van der Waals surface area contributed by atoms with Gasteiger partial charge in [0.15, 0.2) is 0 Å². The number of carbonyl (C=O) groups excluding carboxylic acids is 2. The van der Waals surface area contributed by atoms with E-state index >= 15 is 0 Å². The molecule has 110 valence electrons. The van der Waals surface area contributed by atoms with Crippen molar-refractivity contribution in [3.8, 4) is 0 Å². The molecule has 0 heterocycles. The SMILES string of the molecule is CCCCCC=CCOC(=O)CCNCCC(=O)[O-].[Na+]. The molecule has 0 spiro atoms. The molecule has 0 saturated heterocycles. The van der Waals surface area contributed by atoms with E-state index in [-0.39, 0.29) is 48.4 Å². The zero-order valence-electron chi connectivity index (χ0n) is 12.7. The zero-order valence-corrected chi connectivity index (χ0v) is 14.7. The van der Waals surface area contributed by atoms with E-state index in [9.17, 15) is 14.7 Å². The van der Waals surface area contributed by atoms with Gasteiger partial charge in [-0.25, -0.2) is 0 Å². The van der Waals surface area contributed by atoms with Crippen molar-refractivity contribution < 1.29 is 49.0 Å². The van der Waals surface area contributed by atoms with Crippen LogP contribution in [0.5, 0.6) is 0 Å². The Bertz CT molecular complexity index is 282. The van der Waals surface area contributed by atoms with E-state index in [1.807, 2.05) is 12.2 Å². The summed E-state index contributed by atoms with van der Waals surface area (Å²) in [6, 6.07) is 0. The van der Waals surface area contributed by atoms with Crippen LogP contribution in [0, 0.1) is 0 Å². The largest absolute Gasteiger partial charge is 1.00 e. The fourth-order valence-corrected chi connectivity index (χ4v) is 1.42. The van der Waals surface area contributed by atoms with Crippen LogP contribution in [0.25, 0.3) is 0 Å². The Balaban J connectivity index is 0. The molecule has 0 aliphatic heterocycles. The molecule has 0 aromatic carbocycles. The minimum absolute atomic E-state index is 0. The van der Waals surface area contributed by atoms with Crippen LogP contribution in [0.15, 0.2) is 12.2 Å². The molecule has 0 radical (unpaired) electrons. The van der Waals surface area contributed by atoms with Crippen LogP contribution in [0.4, 0.5) is 0 Å². The molecule has 0 unspecified atom stereocenters. The first kappa shape index (κ1) is 21.9. The molecule has 6 heteroatoms. The van der Waals surface area contributed by atoms with Crippen molar-refractivity contribution in [2.45, 2.75) is 45.4 Å². The van der Waals surface area contributed by atoms with E-state index in [0.29, 0.717) is 19.7 Å². The maximum absolute atomic E-state index is 11.3. The van der Waals surface area contributed by atoms with Crippen LogP contribution >= 0.6 is 0 Å². The minimum Gasteiger partial charge on any atom is -0.550 e. The van der Waals surface area contributed by atoms with Crippen molar-refractivity contribution in [2.75, 3.05) is 19.7 Å². The van der Waals surface area contributed by atoms with E-state index in [2.05, 4.69) is 12.2 Å². The van der Waals surface area contributed by atoms with Crippen molar-refractivity contribution >= 4 is 11.9 Å². The average molecular weight is 293 g/mol. The first-order valence-electron chi connectivity index (χ1n) is 6.88. The van der Waals surface area contributed by atoms with Crippen LogP contribution in [0.1, 0.15) is 45.4 Å². The van der Waals surface area contributed by atoms with E-state index in [1.54, 1.807) is 0 Å². The molecule has 20 heavy (non-hydrogen) atoms. The predicted octanol–water partition coefficient (Wildman–Crippen LogP) is -2.21. The number of hydrogen-bond acceptors (Lipinski definition) is 5. The first-order chi connectivity index (χ1) is 9.16. The van der Waals surface area contributed by atoms with E-state index in [1.165, 1.54) is 19.3 Å². The van der Waals surface area contributed by atoms with Gasteiger partial charge in [-0.1, -0.05) is 31.9 Å². The molecular formula is C14H24NNaO4. The van der Waals surface area contributed by atoms with E-state index in [4.69, 9.17) is 4.74 Å². The summed E-state index contributed by atoms with van der Waals surface area (Å²) in [6.07, 6.45) is 8.71. The second kappa shape index (κ2) is 16.7. The molecule has 0 amide bonds. The molecule has 5 nitrogen and oxygen atoms in total. The van der Waals surface area contributed by atoms with Gasteiger partial charge in [-0.15, -0.1) is 0 Å². The summed E-state index contributed by atoms with van der Waals surface area (Å²) in [5, 5.41) is 12.9. The Hall–Kier alpha value is -0.360. The molecule has 0 aliphatic rings. The van der Waals surface area contributed by atoms with Crippen LogP contribution in [-0.4, -0.2) is 31.6 Å². The number of hydrogen-bond donors (Lipinski definition) is 1. The molecule has 0 bridgehead atoms. The Morgan fingerprint density at radius 1 is 1.15 bits per heavy atom. The number of rotatable bonds is 12. The Kier molecular flexibility index (Phi) is 18.3. The third-order valence-electron chi connectivity index (χ3n) is 2.49. The number of carboxylic acid groups (broad SMARTS) is 1. The van der Waals surface area contributed by atoms with E-state index in [0.717, 1.165) is 6.42 Å². The van der Waals surface area contributed by atoms with Crippen molar-refractivity contribution in [3.05, 3.63) is 12.2 Å². The summed E-state index contributed by atoms with van der Waals surface area (Å²) in [5.74, 6) is -1.37. The normalized spacial score (nSPS) is 10.2. The number of carboxylic acids is 1. The fraction of sp³-hybridized carbons (Fsp3) is 0.714. The van der Waals surface area contributed by atoms with Gasteiger partial charge in [0.25, 0.3) is 0 Å². The average Bonchev–Trinajstić information content (AvgIpc) is 2.37. The second-order valence-corrected chi connectivity index (χ2v) is 4.27. The minimum atomic E-state index is -1.09. The zero-order chi connectivity index (χ0) is 14.3. The maximum Gasteiger partial charge on any atom is 1.00 e. The van der Waals surface area contributed by atoms with Gasteiger partial charge in [0.2, 0.25) is 0 Å². The molecule has 0 atom stereocenters. The standard InChI is InChI=1S/C14H25NO4.Na/c1-2-3-4-5-6-7-12-19-14(18)9-11-15-10-8-13(16)17;/h6-7,15H,2-5,8-12H2,1H3,(H,16,17);/q;+1/p-1. The molecular weight excluding hydrogens is 269 g/mol. The number of allylic oxidation sites excluding steroid dienone is 1. The molecule has 0 fully saturated rings. The monoisotopic (exact) mass is 293 g/mol. The van der Waals surface area contributed by atoms with Crippen molar-refractivity contribution in [3.63, 3.8) is 0 Å². The molecule has 1 N–H and O–H groups in total. The van der Waals surface area contributed by atoms with Gasteiger partial charge in [-0.3, -0.25) is 4.79 Å². The molecule has 0 aromatic rings. The van der Waals surface area contributed by atoms with Crippen molar-refractivity contribution in [2.24, 2.45) is 0 Å². The first-order valence-corrected chi connectivity index (χ1v) is 6.88. The van der Waals surface area contributed by atoms with Gasteiger partial charge in [-0.05, 0) is 19.3 Å². The van der Waals surface area contributed by atoms with Gasteiger partial charge in [0, 0.05) is 19.1 Å². The molecule has 0 aromatic heterocycles. The van der Waals surface area contributed by atoms with Gasteiger partial charge in [-0.2, -0.15) is 0 Å². The van der Waals surface area contributed by atoms with E-state index < -0.39 is 5.97 Å². The molecule has 0 aliphatic carbocycles. The number of carbonyl (C=O) groups is 2. The Labute approximate surface area is 143 Å². The third-order valence-corrected chi connectivity index (χ3v) is 2.49. The number of unbranched alkanes of at least 4 members (excludes halogenated alkanes) is 3. The Morgan fingerprint density at radius 2 is 1.85 bits per heavy atom. The summed E-state index contributed by atoms with van der Waals surface area (Å²) < 4.78 is 4.98. The van der Waals surface area contributed by atoms with Crippen molar-refractivity contribution in [1.82, 2.24) is 5.32 Å². The maximum atomic E-state index is 11.3. The third kappa shape index (κ3) is 17.6. The number of aliphatic carboxylic acids is 1. The number of nitrogens with one attached hydrogen (secondary N) is 1. The van der Waals surface area contributed by atoms with Crippen LogP contribution in [0.3, 0.4) is 0 Å². The number of esters is 1. The molecule has 0 rings (SSSR count). The van der Waals surface area contributed by atoms with Gasteiger partial charge in [0.1, 0.15) is 6.61 Å². The van der Waals surface area contributed by atoms with Crippen LogP contribution < -0.4 is 40.0 Å². The van der Waals surface area contributed by atoms with Gasteiger partial charge >= 0.3 is 35.5 Å². The van der Waals surface area contributed by atoms with Crippen LogP contribution in [0.2, 0.25) is 0 Å². The van der Waals surface area contributed by atoms with Gasteiger partial charge < -0.3 is 20.0 Å². The van der Waals surface area contributed by atoms with Crippen LogP contribution in [-0.2, 0) is 14.3 Å².